The number of rotatable bonds is 4. The van der Waals surface area contributed by atoms with Crippen molar-refractivity contribution in [3.8, 4) is 0 Å². The Morgan fingerprint density at radius 1 is 1.14 bits per heavy atom. The molecule has 0 saturated heterocycles. The Balaban J connectivity index is 2.07. The number of carbonyl (C=O) groups is 1. The second-order valence-electron chi connectivity index (χ2n) is 4.59. The van der Waals surface area contributed by atoms with E-state index in [0.717, 1.165) is 16.6 Å². The lowest BCUT2D eigenvalue weighted by atomic mass is 10.2. The van der Waals surface area contributed by atoms with E-state index >= 15 is 0 Å². The zero-order chi connectivity index (χ0) is 16.3. The minimum atomic E-state index is -1.62. The summed E-state index contributed by atoms with van der Waals surface area (Å²) in [5.74, 6) is -4.94. The Labute approximate surface area is 133 Å². The van der Waals surface area contributed by atoms with E-state index in [4.69, 9.17) is 0 Å². The van der Waals surface area contributed by atoms with Crippen molar-refractivity contribution in [2.75, 3.05) is 10.6 Å². The highest BCUT2D eigenvalue weighted by Crippen LogP contribution is 2.20. The molecule has 0 aromatic heterocycles. The Morgan fingerprint density at radius 3 is 2.55 bits per heavy atom. The molecular formula is C15H12BrF3N2O. The highest BCUT2D eigenvalue weighted by molar-refractivity contribution is 9.10. The summed E-state index contributed by atoms with van der Waals surface area (Å²) in [5.41, 5.74) is 0.273. The average Bonchev–Trinajstić information content (AvgIpc) is 2.47. The zero-order valence-electron chi connectivity index (χ0n) is 11.5. The minimum Gasteiger partial charge on any atom is -0.374 e. The maximum atomic E-state index is 13.5. The van der Waals surface area contributed by atoms with Crippen LogP contribution in [-0.4, -0.2) is 11.9 Å². The standard InChI is InChI=1S/C15H12BrF3N2O/c1-8(20-10-4-2-3-9(16)7-10)15(22)21-12-6-5-11(17)13(18)14(12)19/h2-8,20H,1H3,(H,21,22)/t8-/m1/s1. The SMILES string of the molecule is C[C@@H](Nc1cccc(Br)c1)C(=O)Nc1ccc(F)c(F)c1F. The molecule has 0 spiro atoms. The van der Waals surface area contributed by atoms with Gasteiger partial charge in [-0.3, -0.25) is 4.79 Å². The Bertz CT molecular complexity index is 709. The average molecular weight is 373 g/mol. The maximum absolute atomic E-state index is 13.5. The number of nitrogens with one attached hydrogen (secondary N) is 2. The van der Waals surface area contributed by atoms with E-state index in [-0.39, 0.29) is 0 Å². The van der Waals surface area contributed by atoms with E-state index in [1.807, 2.05) is 6.07 Å². The molecule has 0 fully saturated rings. The molecule has 22 heavy (non-hydrogen) atoms. The molecule has 116 valence electrons. The Morgan fingerprint density at radius 2 is 1.86 bits per heavy atom. The third-order valence-electron chi connectivity index (χ3n) is 2.89. The van der Waals surface area contributed by atoms with Crippen LogP contribution in [0.15, 0.2) is 40.9 Å². The molecule has 0 radical (unpaired) electrons. The van der Waals surface area contributed by atoms with E-state index in [9.17, 15) is 18.0 Å². The number of hydrogen-bond donors (Lipinski definition) is 2. The molecule has 0 aliphatic rings. The van der Waals surface area contributed by atoms with Gasteiger partial charge < -0.3 is 10.6 Å². The van der Waals surface area contributed by atoms with Gasteiger partial charge in [0.1, 0.15) is 6.04 Å². The monoisotopic (exact) mass is 372 g/mol. The Kier molecular flexibility index (Phi) is 5.07. The van der Waals surface area contributed by atoms with E-state index < -0.39 is 35.1 Å². The van der Waals surface area contributed by atoms with Crippen molar-refractivity contribution >= 4 is 33.2 Å². The fourth-order valence-electron chi connectivity index (χ4n) is 1.76. The van der Waals surface area contributed by atoms with E-state index in [2.05, 4.69) is 26.6 Å². The van der Waals surface area contributed by atoms with Crippen LogP contribution in [0, 0.1) is 17.5 Å². The largest absolute Gasteiger partial charge is 0.374 e. The van der Waals surface area contributed by atoms with Crippen molar-refractivity contribution in [2.24, 2.45) is 0 Å². The van der Waals surface area contributed by atoms with Crippen molar-refractivity contribution in [1.82, 2.24) is 0 Å². The van der Waals surface area contributed by atoms with Gasteiger partial charge in [-0.25, -0.2) is 13.2 Å². The molecule has 0 unspecified atom stereocenters. The summed E-state index contributed by atoms with van der Waals surface area (Å²) in [6, 6.07) is 8.15. The fraction of sp³-hybridized carbons (Fsp3) is 0.133. The highest BCUT2D eigenvalue weighted by Gasteiger charge is 2.18. The summed E-state index contributed by atoms with van der Waals surface area (Å²) in [5, 5.41) is 5.13. The third kappa shape index (κ3) is 3.79. The van der Waals surface area contributed by atoms with Crippen LogP contribution in [0.25, 0.3) is 0 Å². The minimum absolute atomic E-state index is 0.410. The molecule has 0 heterocycles. The predicted octanol–water partition coefficient (Wildman–Crippen LogP) is 4.31. The first-order chi connectivity index (χ1) is 10.4. The molecule has 2 rings (SSSR count). The summed E-state index contributed by atoms with van der Waals surface area (Å²) < 4.78 is 40.3. The summed E-state index contributed by atoms with van der Waals surface area (Å²) >= 11 is 3.30. The predicted molar refractivity (Wildman–Crippen MR) is 82.2 cm³/mol. The van der Waals surface area contributed by atoms with Crippen LogP contribution < -0.4 is 10.6 Å². The number of amides is 1. The molecule has 1 atom stereocenters. The van der Waals surface area contributed by atoms with E-state index in [0.29, 0.717) is 5.69 Å². The van der Waals surface area contributed by atoms with E-state index in [1.165, 1.54) is 0 Å². The Hall–Kier alpha value is -2.02. The highest BCUT2D eigenvalue weighted by atomic mass is 79.9. The van der Waals surface area contributed by atoms with Gasteiger partial charge in [0.05, 0.1) is 5.69 Å². The van der Waals surface area contributed by atoms with Gasteiger partial charge >= 0.3 is 0 Å². The summed E-state index contributed by atoms with van der Waals surface area (Å²) in [7, 11) is 0. The van der Waals surface area contributed by atoms with Crippen molar-refractivity contribution in [1.29, 1.82) is 0 Å². The number of carbonyl (C=O) groups excluding carboxylic acids is 1. The van der Waals surface area contributed by atoms with Gasteiger partial charge in [0.25, 0.3) is 0 Å². The number of halogens is 4. The summed E-state index contributed by atoms with van der Waals surface area (Å²) in [6.07, 6.45) is 0. The van der Waals surface area contributed by atoms with Gasteiger partial charge in [0.2, 0.25) is 5.91 Å². The molecule has 0 bridgehead atoms. The van der Waals surface area contributed by atoms with Gasteiger partial charge in [-0.1, -0.05) is 22.0 Å². The number of anilines is 2. The second-order valence-corrected chi connectivity index (χ2v) is 5.50. The maximum Gasteiger partial charge on any atom is 0.246 e. The van der Waals surface area contributed by atoms with Gasteiger partial charge in [0.15, 0.2) is 17.5 Å². The molecule has 0 aliphatic carbocycles. The first kappa shape index (κ1) is 16.4. The van der Waals surface area contributed by atoms with Gasteiger partial charge in [-0.05, 0) is 37.3 Å². The first-order valence-electron chi connectivity index (χ1n) is 6.35. The summed E-state index contributed by atoms with van der Waals surface area (Å²) in [4.78, 5) is 12.0. The number of benzene rings is 2. The topological polar surface area (TPSA) is 41.1 Å². The van der Waals surface area contributed by atoms with Crippen LogP contribution in [0.5, 0.6) is 0 Å². The first-order valence-corrected chi connectivity index (χ1v) is 7.14. The molecular weight excluding hydrogens is 361 g/mol. The van der Waals surface area contributed by atoms with Crippen molar-refractivity contribution in [3.05, 3.63) is 58.3 Å². The molecule has 2 aromatic rings. The summed E-state index contributed by atoms with van der Waals surface area (Å²) in [6.45, 7) is 1.56. The zero-order valence-corrected chi connectivity index (χ0v) is 13.0. The smallest absolute Gasteiger partial charge is 0.246 e. The lowest BCUT2D eigenvalue weighted by molar-refractivity contribution is -0.116. The van der Waals surface area contributed by atoms with Gasteiger partial charge in [-0.15, -0.1) is 0 Å². The van der Waals surface area contributed by atoms with Crippen molar-refractivity contribution < 1.29 is 18.0 Å². The lowest BCUT2D eigenvalue weighted by Gasteiger charge is -2.16. The van der Waals surface area contributed by atoms with Crippen LogP contribution in [0.1, 0.15) is 6.92 Å². The van der Waals surface area contributed by atoms with Crippen molar-refractivity contribution in [3.63, 3.8) is 0 Å². The lowest BCUT2D eigenvalue weighted by Crippen LogP contribution is -2.32. The van der Waals surface area contributed by atoms with Crippen LogP contribution in [0.2, 0.25) is 0 Å². The molecule has 2 aromatic carbocycles. The molecule has 0 saturated carbocycles. The molecule has 7 heteroatoms. The van der Waals surface area contributed by atoms with Gasteiger partial charge in [0, 0.05) is 10.2 Å². The van der Waals surface area contributed by atoms with Crippen LogP contribution in [0.3, 0.4) is 0 Å². The quantitative estimate of drug-likeness (QED) is 0.785. The third-order valence-corrected chi connectivity index (χ3v) is 3.39. The normalized spacial score (nSPS) is 11.9. The molecule has 0 aliphatic heterocycles. The second kappa shape index (κ2) is 6.83. The van der Waals surface area contributed by atoms with Crippen LogP contribution in [-0.2, 0) is 4.79 Å². The molecule has 3 nitrogen and oxygen atoms in total. The van der Waals surface area contributed by atoms with Crippen molar-refractivity contribution in [2.45, 2.75) is 13.0 Å². The fourth-order valence-corrected chi connectivity index (χ4v) is 2.16. The van der Waals surface area contributed by atoms with Crippen LogP contribution in [0.4, 0.5) is 24.5 Å². The van der Waals surface area contributed by atoms with Gasteiger partial charge in [-0.2, -0.15) is 0 Å². The molecule has 2 N–H and O–H groups in total. The number of hydrogen-bond acceptors (Lipinski definition) is 2. The van der Waals surface area contributed by atoms with E-state index in [1.54, 1.807) is 25.1 Å². The molecule has 1 amide bonds. The van der Waals surface area contributed by atoms with Crippen LogP contribution >= 0.6 is 15.9 Å².